The molecular weight excluding hydrogens is 414 g/mol. The standard InChI is InChI=1S/C17H12F2N2O5S2/c1-26-15-12(7-6-11(14(15)19)17(22)23)21-28(24,25)13-8-20-16(27-13)9-2-4-10(18)5-3-9/h2-8,21H,1H3,(H,22,23). The minimum atomic E-state index is -4.15. The molecule has 0 aliphatic heterocycles. The summed E-state index contributed by atoms with van der Waals surface area (Å²) in [6, 6.07) is 7.38. The van der Waals surface area contributed by atoms with Gasteiger partial charge in [-0.3, -0.25) is 4.72 Å². The van der Waals surface area contributed by atoms with Gasteiger partial charge in [0, 0.05) is 5.56 Å². The van der Waals surface area contributed by atoms with E-state index in [4.69, 9.17) is 9.84 Å². The predicted molar refractivity (Wildman–Crippen MR) is 98.2 cm³/mol. The number of aromatic nitrogens is 1. The van der Waals surface area contributed by atoms with Gasteiger partial charge in [0.1, 0.15) is 10.8 Å². The number of halogens is 2. The van der Waals surface area contributed by atoms with E-state index in [0.29, 0.717) is 10.6 Å². The van der Waals surface area contributed by atoms with E-state index in [-0.39, 0.29) is 9.90 Å². The summed E-state index contributed by atoms with van der Waals surface area (Å²) >= 11 is 0.831. The number of ether oxygens (including phenoxy) is 1. The third-order valence-electron chi connectivity index (χ3n) is 3.62. The van der Waals surface area contributed by atoms with Gasteiger partial charge in [0.25, 0.3) is 10.0 Å². The number of carboxylic acids is 1. The Balaban J connectivity index is 1.94. The van der Waals surface area contributed by atoms with Gasteiger partial charge in [-0.2, -0.15) is 0 Å². The van der Waals surface area contributed by atoms with Crippen LogP contribution < -0.4 is 9.46 Å². The lowest BCUT2D eigenvalue weighted by molar-refractivity contribution is 0.0691. The minimum Gasteiger partial charge on any atom is -0.492 e. The van der Waals surface area contributed by atoms with Crippen LogP contribution in [0.15, 0.2) is 46.8 Å². The molecule has 0 radical (unpaired) electrons. The van der Waals surface area contributed by atoms with E-state index in [1.54, 1.807) is 0 Å². The van der Waals surface area contributed by atoms with Gasteiger partial charge in [-0.25, -0.2) is 27.0 Å². The van der Waals surface area contributed by atoms with E-state index >= 15 is 0 Å². The number of aromatic carboxylic acids is 1. The van der Waals surface area contributed by atoms with Crippen molar-refractivity contribution in [1.82, 2.24) is 4.98 Å². The molecule has 2 aromatic carbocycles. The molecule has 3 rings (SSSR count). The second kappa shape index (κ2) is 7.52. The Kier molecular flexibility index (Phi) is 5.29. The van der Waals surface area contributed by atoms with Crippen molar-refractivity contribution in [2.75, 3.05) is 11.8 Å². The van der Waals surface area contributed by atoms with Gasteiger partial charge in [-0.15, -0.1) is 11.3 Å². The Morgan fingerprint density at radius 3 is 2.46 bits per heavy atom. The molecule has 1 aromatic heterocycles. The third kappa shape index (κ3) is 3.80. The lowest BCUT2D eigenvalue weighted by Gasteiger charge is -2.12. The number of thiazole rings is 1. The van der Waals surface area contributed by atoms with Crippen LogP contribution in [-0.2, 0) is 10.0 Å². The highest BCUT2D eigenvalue weighted by Crippen LogP contribution is 2.34. The second-order valence-electron chi connectivity index (χ2n) is 5.41. The summed E-state index contributed by atoms with van der Waals surface area (Å²) in [5.74, 6) is -3.70. The number of methoxy groups -OCH3 is 1. The molecule has 0 saturated carbocycles. The Morgan fingerprint density at radius 2 is 1.86 bits per heavy atom. The molecule has 7 nitrogen and oxygen atoms in total. The maximum Gasteiger partial charge on any atom is 0.338 e. The number of hydrogen-bond acceptors (Lipinski definition) is 6. The van der Waals surface area contributed by atoms with Crippen molar-refractivity contribution in [1.29, 1.82) is 0 Å². The number of carbonyl (C=O) groups is 1. The van der Waals surface area contributed by atoms with Crippen LogP contribution in [0.2, 0.25) is 0 Å². The van der Waals surface area contributed by atoms with Crippen LogP contribution in [0.25, 0.3) is 10.6 Å². The summed E-state index contributed by atoms with van der Waals surface area (Å²) in [6.45, 7) is 0. The van der Waals surface area contributed by atoms with Crippen LogP contribution in [-0.4, -0.2) is 31.6 Å². The molecule has 0 bridgehead atoms. The van der Waals surface area contributed by atoms with E-state index in [1.165, 1.54) is 24.3 Å². The molecule has 146 valence electrons. The van der Waals surface area contributed by atoms with Crippen molar-refractivity contribution >= 4 is 33.0 Å². The maximum atomic E-state index is 14.2. The Bertz CT molecular complexity index is 1140. The SMILES string of the molecule is COc1c(NS(=O)(=O)c2cnc(-c3ccc(F)cc3)s2)ccc(C(=O)O)c1F. The molecule has 0 spiro atoms. The lowest BCUT2D eigenvalue weighted by Crippen LogP contribution is -2.14. The molecular formula is C17H12F2N2O5S2. The van der Waals surface area contributed by atoms with Gasteiger partial charge in [0.15, 0.2) is 15.8 Å². The van der Waals surface area contributed by atoms with Crippen molar-refractivity contribution in [2.45, 2.75) is 4.21 Å². The monoisotopic (exact) mass is 426 g/mol. The molecule has 0 atom stereocenters. The lowest BCUT2D eigenvalue weighted by atomic mass is 10.2. The zero-order valence-electron chi connectivity index (χ0n) is 14.1. The Morgan fingerprint density at radius 1 is 1.18 bits per heavy atom. The van der Waals surface area contributed by atoms with Crippen LogP contribution in [0, 0.1) is 11.6 Å². The number of nitrogens with zero attached hydrogens (tertiary/aromatic N) is 1. The molecule has 0 aliphatic rings. The van der Waals surface area contributed by atoms with Gasteiger partial charge in [0.2, 0.25) is 0 Å². The highest BCUT2D eigenvalue weighted by Gasteiger charge is 2.24. The van der Waals surface area contributed by atoms with Gasteiger partial charge >= 0.3 is 5.97 Å². The molecule has 0 amide bonds. The Labute approximate surface area is 162 Å². The van der Waals surface area contributed by atoms with E-state index in [2.05, 4.69) is 9.71 Å². The van der Waals surface area contributed by atoms with Gasteiger partial charge in [-0.05, 0) is 36.4 Å². The van der Waals surface area contributed by atoms with Gasteiger partial charge in [0.05, 0.1) is 24.6 Å². The van der Waals surface area contributed by atoms with E-state index in [9.17, 15) is 22.0 Å². The molecule has 1 heterocycles. The second-order valence-corrected chi connectivity index (χ2v) is 8.35. The van der Waals surface area contributed by atoms with Crippen molar-refractivity contribution in [3.8, 4) is 16.3 Å². The molecule has 0 aliphatic carbocycles. The first-order chi connectivity index (χ1) is 13.2. The molecule has 0 saturated heterocycles. The summed E-state index contributed by atoms with van der Waals surface area (Å²) in [5.41, 5.74) is -0.389. The molecule has 0 fully saturated rings. The summed E-state index contributed by atoms with van der Waals surface area (Å²) in [7, 11) is -3.07. The third-order valence-corrected chi connectivity index (χ3v) is 6.49. The van der Waals surface area contributed by atoms with E-state index in [0.717, 1.165) is 36.8 Å². The predicted octanol–water partition coefficient (Wildman–Crippen LogP) is 3.60. The quantitative estimate of drug-likeness (QED) is 0.624. The fourth-order valence-corrected chi connectivity index (χ4v) is 4.50. The number of anilines is 1. The first kappa shape index (κ1) is 19.7. The average molecular weight is 426 g/mol. The van der Waals surface area contributed by atoms with E-state index < -0.39 is 38.9 Å². The molecule has 28 heavy (non-hydrogen) atoms. The minimum absolute atomic E-state index is 0.170. The first-order valence-electron chi connectivity index (χ1n) is 7.57. The summed E-state index contributed by atoms with van der Waals surface area (Å²) in [6.07, 6.45) is 1.11. The fourth-order valence-electron chi connectivity index (χ4n) is 2.31. The zero-order chi connectivity index (χ0) is 20.5. The van der Waals surface area contributed by atoms with Crippen molar-refractivity contribution < 1.29 is 31.8 Å². The van der Waals surface area contributed by atoms with Crippen LogP contribution in [0.3, 0.4) is 0 Å². The zero-order valence-corrected chi connectivity index (χ0v) is 15.8. The molecule has 0 unspecified atom stereocenters. The number of sulfonamides is 1. The molecule has 2 N–H and O–H groups in total. The number of carboxylic acid groups (broad SMARTS) is 1. The average Bonchev–Trinajstić information content (AvgIpc) is 3.13. The summed E-state index contributed by atoms with van der Waals surface area (Å²) in [4.78, 5) is 15.0. The van der Waals surface area contributed by atoms with Crippen LogP contribution in [0.1, 0.15) is 10.4 Å². The van der Waals surface area contributed by atoms with Crippen LogP contribution in [0.4, 0.5) is 14.5 Å². The molecule has 11 heteroatoms. The van der Waals surface area contributed by atoms with Gasteiger partial charge < -0.3 is 9.84 Å². The van der Waals surface area contributed by atoms with Crippen LogP contribution >= 0.6 is 11.3 Å². The Hall–Kier alpha value is -3.05. The van der Waals surface area contributed by atoms with Crippen LogP contribution in [0.5, 0.6) is 5.75 Å². The van der Waals surface area contributed by atoms with E-state index in [1.807, 2.05) is 0 Å². The number of benzene rings is 2. The van der Waals surface area contributed by atoms with Crippen molar-refractivity contribution in [2.24, 2.45) is 0 Å². The fraction of sp³-hybridized carbons (Fsp3) is 0.0588. The highest BCUT2D eigenvalue weighted by atomic mass is 32.2. The summed E-state index contributed by atoms with van der Waals surface area (Å²) in [5, 5.41) is 9.30. The molecule has 3 aromatic rings. The normalized spacial score (nSPS) is 11.2. The number of nitrogens with one attached hydrogen (secondary N) is 1. The topological polar surface area (TPSA) is 106 Å². The number of hydrogen-bond donors (Lipinski definition) is 2. The smallest absolute Gasteiger partial charge is 0.338 e. The van der Waals surface area contributed by atoms with Crippen molar-refractivity contribution in [3.63, 3.8) is 0 Å². The van der Waals surface area contributed by atoms with Gasteiger partial charge in [-0.1, -0.05) is 0 Å². The largest absolute Gasteiger partial charge is 0.492 e. The highest BCUT2D eigenvalue weighted by molar-refractivity contribution is 7.94. The first-order valence-corrected chi connectivity index (χ1v) is 9.87. The van der Waals surface area contributed by atoms with Crippen molar-refractivity contribution in [3.05, 3.63) is 59.8 Å². The number of rotatable bonds is 6. The summed E-state index contributed by atoms with van der Waals surface area (Å²) < 4.78 is 59.3. The maximum absolute atomic E-state index is 14.2.